The van der Waals surface area contributed by atoms with Gasteiger partial charge in [-0.2, -0.15) is 0 Å². The Balaban J connectivity index is 3.10. The maximum atomic E-state index is 12.0. The number of hydrogen-bond acceptors (Lipinski definition) is 1. The minimum absolute atomic E-state index is 0.0117. The number of halogens is 1. The van der Waals surface area contributed by atoms with Crippen molar-refractivity contribution in [3.05, 3.63) is 34.3 Å². The number of hydrogen-bond donors (Lipinski definition) is 0. The first-order chi connectivity index (χ1) is 7.70. The largest absolute Gasteiger partial charge is 0.294 e. The van der Waals surface area contributed by atoms with E-state index in [2.05, 4.69) is 20.8 Å². The molecule has 0 heterocycles. The monoisotopic (exact) mass is 252 g/mol. The van der Waals surface area contributed by atoms with Crippen molar-refractivity contribution in [2.24, 2.45) is 5.92 Å². The van der Waals surface area contributed by atoms with E-state index >= 15 is 0 Å². The minimum Gasteiger partial charge on any atom is -0.294 e. The van der Waals surface area contributed by atoms with Gasteiger partial charge in [0.25, 0.3) is 0 Å². The summed E-state index contributed by atoms with van der Waals surface area (Å²) >= 11 is 6.08. The van der Waals surface area contributed by atoms with Gasteiger partial charge in [-0.15, -0.1) is 0 Å². The third-order valence-electron chi connectivity index (χ3n) is 2.68. The fourth-order valence-corrected chi connectivity index (χ4v) is 1.91. The van der Waals surface area contributed by atoms with Gasteiger partial charge in [0, 0.05) is 17.0 Å². The minimum atomic E-state index is 0.0117. The summed E-state index contributed by atoms with van der Waals surface area (Å²) in [6, 6.07) is 5.67. The lowest BCUT2D eigenvalue weighted by Gasteiger charge is -2.20. The molecule has 0 amide bonds. The molecular formula is C15H21ClO. The Bertz CT molecular complexity index is 413. The highest BCUT2D eigenvalue weighted by Gasteiger charge is 2.17. The van der Waals surface area contributed by atoms with Crippen molar-refractivity contribution in [1.29, 1.82) is 0 Å². The highest BCUT2D eigenvalue weighted by Crippen LogP contribution is 2.27. The molecule has 2 heteroatoms. The van der Waals surface area contributed by atoms with Crippen LogP contribution in [0.15, 0.2) is 18.2 Å². The molecule has 0 fully saturated rings. The zero-order valence-corrected chi connectivity index (χ0v) is 12.1. The molecule has 0 saturated heterocycles. The predicted molar refractivity (Wildman–Crippen MR) is 73.9 cm³/mol. The summed E-state index contributed by atoms with van der Waals surface area (Å²) in [5, 5.41) is 0.643. The Morgan fingerprint density at radius 2 is 1.82 bits per heavy atom. The molecule has 1 aromatic carbocycles. The van der Waals surface area contributed by atoms with Crippen molar-refractivity contribution in [3.63, 3.8) is 0 Å². The lowest BCUT2D eigenvalue weighted by atomic mass is 9.85. The van der Waals surface area contributed by atoms with E-state index in [1.807, 2.05) is 26.0 Å². The average Bonchev–Trinajstić information content (AvgIpc) is 2.14. The molecule has 1 rings (SSSR count). The second kappa shape index (κ2) is 5.22. The molecule has 0 aliphatic heterocycles. The summed E-state index contributed by atoms with van der Waals surface area (Å²) in [7, 11) is 0. The molecule has 0 aliphatic rings. The topological polar surface area (TPSA) is 17.1 Å². The van der Waals surface area contributed by atoms with Crippen molar-refractivity contribution in [2.75, 3.05) is 0 Å². The van der Waals surface area contributed by atoms with Gasteiger partial charge < -0.3 is 0 Å². The highest BCUT2D eigenvalue weighted by atomic mass is 35.5. The molecule has 0 aliphatic carbocycles. The van der Waals surface area contributed by atoms with Crippen LogP contribution in [0.2, 0.25) is 5.02 Å². The first kappa shape index (κ1) is 14.2. The van der Waals surface area contributed by atoms with E-state index in [0.29, 0.717) is 17.4 Å². The Kier molecular flexibility index (Phi) is 4.37. The van der Waals surface area contributed by atoms with Gasteiger partial charge in [-0.3, -0.25) is 4.79 Å². The van der Waals surface area contributed by atoms with Crippen molar-refractivity contribution < 1.29 is 4.79 Å². The fraction of sp³-hybridized carbons (Fsp3) is 0.533. The van der Waals surface area contributed by atoms with Gasteiger partial charge in [-0.25, -0.2) is 0 Å². The third kappa shape index (κ3) is 4.16. The molecular weight excluding hydrogens is 232 g/mol. The summed E-state index contributed by atoms with van der Waals surface area (Å²) < 4.78 is 0. The molecule has 17 heavy (non-hydrogen) atoms. The summed E-state index contributed by atoms with van der Waals surface area (Å²) in [5.41, 5.74) is 1.85. The van der Waals surface area contributed by atoms with Gasteiger partial charge in [-0.05, 0) is 35.1 Å². The molecule has 0 bridgehead atoms. The molecule has 0 aromatic heterocycles. The smallest absolute Gasteiger partial charge is 0.163 e. The number of rotatable bonds is 3. The third-order valence-corrected chi connectivity index (χ3v) is 2.90. The molecule has 0 radical (unpaired) electrons. The second-order valence-corrected chi connectivity index (χ2v) is 6.44. The second-order valence-electron chi connectivity index (χ2n) is 6.00. The van der Waals surface area contributed by atoms with E-state index < -0.39 is 0 Å². The molecule has 0 spiro atoms. The molecule has 0 unspecified atom stereocenters. The van der Waals surface area contributed by atoms with Crippen LogP contribution in [0, 0.1) is 5.92 Å². The van der Waals surface area contributed by atoms with E-state index in [9.17, 15) is 4.79 Å². The predicted octanol–water partition coefficient (Wildman–Crippen LogP) is 4.87. The van der Waals surface area contributed by atoms with Crippen LogP contribution in [-0.4, -0.2) is 5.78 Å². The number of Topliss-reactive ketones (excluding diaryl/α,β-unsaturated/α-hetero) is 1. The van der Waals surface area contributed by atoms with Crippen LogP contribution in [0.4, 0.5) is 0 Å². The van der Waals surface area contributed by atoms with Crippen molar-refractivity contribution in [3.8, 4) is 0 Å². The van der Waals surface area contributed by atoms with Gasteiger partial charge in [0.1, 0.15) is 0 Å². The van der Waals surface area contributed by atoms with Crippen molar-refractivity contribution >= 4 is 17.4 Å². The zero-order valence-electron chi connectivity index (χ0n) is 11.3. The summed E-state index contributed by atoms with van der Waals surface area (Å²) in [6.07, 6.45) is 0.573. The SMILES string of the molecule is CC(C)CC(=O)c1cc(Cl)cc(C(C)(C)C)c1. The van der Waals surface area contributed by atoms with Crippen LogP contribution < -0.4 is 0 Å². The first-order valence-corrected chi connectivity index (χ1v) is 6.42. The summed E-state index contributed by atoms with van der Waals surface area (Å²) in [5.74, 6) is 0.549. The van der Waals surface area contributed by atoms with E-state index in [4.69, 9.17) is 11.6 Å². The van der Waals surface area contributed by atoms with E-state index in [1.54, 1.807) is 6.07 Å². The zero-order chi connectivity index (χ0) is 13.2. The Labute approximate surface area is 109 Å². The maximum absolute atomic E-state index is 12.0. The Morgan fingerprint density at radius 1 is 1.24 bits per heavy atom. The van der Waals surface area contributed by atoms with Gasteiger partial charge >= 0.3 is 0 Å². The highest BCUT2D eigenvalue weighted by molar-refractivity contribution is 6.31. The van der Waals surface area contributed by atoms with Crippen LogP contribution >= 0.6 is 11.6 Å². The van der Waals surface area contributed by atoms with E-state index in [0.717, 1.165) is 11.1 Å². The first-order valence-electron chi connectivity index (χ1n) is 6.04. The number of benzene rings is 1. The quantitative estimate of drug-likeness (QED) is 0.702. The van der Waals surface area contributed by atoms with Crippen molar-refractivity contribution in [1.82, 2.24) is 0 Å². The lowest BCUT2D eigenvalue weighted by Crippen LogP contribution is -2.13. The van der Waals surface area contributed by atoms with Gasteiger partial charge in [0.15, 0.2) is 5.78 Å². The maximum Gasteiger partial charge on any atom is 0.163 e. The van der Waals surface area contributed by atoms with Crippen LogP contribution in [0.25, 0.3) is 0 Å². The Hall–Kier alpha value is -0.820. The average molecular weight is 253 g/mol. The van der Waals surface area contributed by atoms with Crippen LogP contribution in [-0.2, 0) is 5.41 Å². The number of carbonyl (C=O) groups is 1. The summed E-state index contributed by atoms with van der Waals surface area (Å²) in [6.45, 7) is 10.5. The van der Waals surface area contributed by atoms with Crippen molar-refractivity contribution in [2.45, 2.75) is 46.5 Å². The van der Waals surface area contributed by atoms with Crippen LogP contribution in [0.5, 0.6) is 0 Å². The number of carbonyl (C=O) groups excluding carboxylic acids is 1. The molecule has 0 saturated carbocycles. The van der Waals surface area contributed by atoms with E-state index in [1.165, 1.54) is 0 Å². The Morgan fingerprint density at radius 3 is 2.29 bits per heavy atom. The van der Waals surface area contributed by atoms with Crippen LogP contribution in [0.1, 0.15) is 57.0 Å². The molecule has 94 valence electrons. The molecule has 0 N–H and O–H groups in total. The van der Waals surface area contributed by atoms with Gasteiger partial charge in [-0.1, -0.05) is 46.2 Å². The number of ketones is 1. The lowest BCUT2D eigenvalue weighted by molar-refractivity contribution is 0.0967. The van der Waals surface area contributed by atoms with E-state index in [-0.39, 0.29) is 11.2 Å². The standard InChI is InChI=1S/C15H21ClO/c1-10(2)6-14(17)11-7-12(15(3,4)5)9-13(16)8-11/h7-10H,6H2,1-5H3. The van der Waals surface area contributed by atoms with Crippen LogP contribution in [0.3, 0.4) is 0 Å². The molecule has 1 aromatic rings. The normalized spacial score (nSPS) is 11.9. The summed E-state index contributed by atoms with van der Waals surface area (Å²) in [4.78, 5) is 12.0. The van der Waals surface area contributed by atoms with Gasteiger partial charge in [0.2, 0.25) is 0 Å². The molecule has 1 nitrogen and oxygen atoms in total. The molecule has 0 atom stereocenters. The fourth-order valence-electron chi connectivity index (χ4n) is 1.67. The van der Waals surface area contributed by atoms with Gasteiger partial charge in [0.05, 0.1) is 0 Å².